The lowest BCUT2D eigenvalue weighted by molar-refractivity contribution is -0.384. The van der Waals surface area contributed by atoms with Gasteiger partial charge in [-0.2, -0.15) is 5.26 Å². The molecule has 0 saturated carbocycles. The van der Waals surface area contributed by atoms with E-state index >= 15 is 0 Å². The Morgan fingerprint density at radius 3 is 2.94 bits per heavy atom. The number of hydrogen-bond donors (Lipinski definition) is 0. The fraction of sp³-hybridized carbons (Fsp3) is 0.167. The number of hydrogen-bond acceptors (Lipinski definition) is 5. The Labute approximate surface area is 103 Å². The first kappa shape index (κ1) is 13.4. The second-order valence-electron chi connectivity index (χ2n) is 3.39. The summed E-state index contributed by atoms with van der Waals surface area (Å²) in [6.07, 6.45) is 1.68. The van der Waals surface area contributed by atoms with E-state index in [-0.39, 0.29) is 5.69 Å². The number of ether oxygens (including phenoxy) is 1. The van der Waals surface area contributed by atoms with Gasteiger partial charge in [0.15, 0.2) is 6.10 Å². The van der Waals surface area contributed by atoms with Crippen molar-refractivity contribution in [3.05, 3.63) is 46.0 Å². The lowest BCUT2D eigenvalue weighted by atomic mass is 10.2. The van der Waals surface area contributed by atoms with Gasteiger partial charge in [0.05, 0.1) is 4.92 Å². The normalized spacial score (nSPS) is 11.8. The maximum atomic E-state index is 11.2. The Morgan fingerprint density at radius 2 is 2.33 bits per heavy atom. The van der Waals surface area contributed by atoms with Crippen molar-refractivity contribution in [2.45, 2.75) is 13.0 Å². The molecule has 0 aliphatic rings. The predicted molar refractivity (Wildman–Crippen MR) is 63.3 cm³/mol. The van der Waals surface area contributed by atoms with Gasteiger partial charge < -0.3 is 4.74 Å². The molecule has 0 aliphatic heterocycles. The molecule has 0 unspecified atom stereocenters. The Balaban J connectivity index is 2.73. The number of carbonyl (C=O) groups excluding carboxylic acids is 1. The van der Waals surface area contributed by atoms with Gasteiger partial charge in [-0.05, 0) is 18.6 Å². The second kappa shape index (κ2) is 6.15. The Hall–Kier alpha value is -2.68. The minimum Gasteiger partial charge on any atom is -0.444 e. The van der Waals surface area contributed by atoms with Gasteiger partial charge in [0.25, 0.3) is 5.69 Å². The van der Waals surface area contributed by atoms with Crippen molar-refractivity contribution < 1.29 is 14.5 Å². The maximum Gasteiger partial charge on any atom is 0.332 e. The van der Waals surface area contributed by atoms with Crippen LogP contribution in [0.15, 0.2) is 30.3 Å². The minimum atomic E-state index is -0.827. The maximum absolute atomic E-state index is 11.2. The van der Waals surface area contributed by atoms with Crippen LogP contribution in [0.2, 0.25) is 0 Å². The van der Waals surface area contributed by atoms with Crippen LogP contribution in [0.3, 0.4) is 0 Å². The van der Waals surface area contributed by atoms with E-state index in [0.29, 0.717) is 5.56 Å². The number of nitriles is 1. The first-order valence-electron chi connectivity index (χ1n) is 5.05. The van der Waals surface area contributed by atoms with Crippen LogP contribution in [0, 0.1) is 21.4 Å². The Kier molecular flexibility index (Phi) is 4.58. The third-order valence-corrected chi connectivity index (χ3v) is 1.97. The van der Waals surface area contributed by atoms with Crippen molar-refractivity contribution in [2.75, 3.05) is 0 Å². The molecule has 6 nitrogen and oxygen atoms in total. The first-order chi connectivity index (χ1) is 8.52. The summed E-state index contributed by atoms with van der Waals surface area (Å²) in [6.45, 7) is 1.44. The molecule has 0 N–H and O–H groups in total. The highest BCUT2D eigenvalue weighted by molar-refractivity contribution is 5.87. The van der Waals surface area contributed by atoms with Crippen LogP contribution in [0.1, 0.15) is 12.5 Å². The minimum absolute atomic E-state index is 0.0593. The summed E-state index contributed by atoms with van der Waals surface area (Å²) in [5.41, 5.74) is 0.446. The van der Waals surface area contributed by atoms with Crippen molar-refractivity contribution in [3.8, 4) is 6.07 Å². The van der Waals surface area contributed by atoms with Crippen LogP contribution < -0.4 is 0 Å². The van der Waals surface area contributed by atoms with Gasteiger partial charge in [-0.1, -0.05) is 12.1 Å². The number of rotatable bonds is 4. The van der Waals surface area contributed by atoms with Gasteiger partial charge in [0.2, 0.25) is 0 Å². The molecule has 1 atom stereocenters. The number of carbonyl (C=O) groups is 1. The Morgan fingerprint density at radius 1 is 1.61 bits per heavy atom. The van der Waals surface area contributed by atoms with Crippen molar-refractivity contribution in [3.63, 3.8) is 0 Å². The van der Waals surface area contributed by atoms with Crippen LogP contribution in [0.4, 0.5) is 5.69 Å². The number of esters is 1. The summed E-state index contributed by atoms with van der Waals surface area (Å²) in [7, 11) is 0. The average Bonchev–Trinajstić information content (AvgIpc) is 2.36. The zero-order valence-corrected chi connectivity index (χ0v) is 9.57. The molecule has 0 aliphatic carbocycles. The zero-order chi connectivity index (χ0) is 13.5. The number of nitro benzene ring substituents is 1. The molecule has 0 radical (unpaired) electrons. The van der Waals surface area contributed by atoms with Gasteiger partial charge in [-0.25, -0.2) is 4.79 Å². The van der Waals surface area contributed by atoms with Crippen LogP contribution in [0.5, 0.6) is 0 Å². The molecule has 92 valence electrons. The average molecular weight is 246 g/mol. The molecule has 0 aromatic heterocycles. The molecular weight excluding hydrogens is 236 g/mol. The fourth-order valence-corrected chi connectivity index (χ4v) is 1.15. The van der Waals surface area contributed by atoms with Crippen molar-refractivity contribution >= 4 is 17.7 Å². The predicted octanol–water partition coefficient (Wildman–Crippen LogP) is 2.06. The molecule has 0 amide bonds. The topological polar surface area (TPSA) is 93.2 Å². The molecule has 18 heavy (non-hydrogen) atoms. The van der Waals surface area contributed by atoms with E-state index in [4.69, 9.17) is 5.26 Å². The van der Waals surface area contributed by atoms with E-state index in [9.17, 15) is 14.9 Å². The molecule has 0 heterocycles. The van der Waals surface area contributed by atoms with Gasteiger partial charge in [0.1, 0.15) is 6.07 Å². The summed E-state index contributed by atoms with van der Waals surface area (Å²) in [6, 6.07) is 7.57. The first-order valence-corrected chi connectivity index (χ1v) is 5.05. The van der Waals surface area contributed by atoms with Gasteiger partial charge in [0, 0.05) is 18.2 Å². The number of nitro groups is 1. The molecule has 6 heteroatoms. The number of nitrogens with zero attached hydrogens (tertiary/aromatic N) is 2. The van der Waals surface area contributed by atoms with Gasteiger partial charge >= 0.3 is 5.97 Å². The summed E-state index contributed by atoms with van der Waals surface area (Å²) in [4.78, 5) is 21.2. The Bertz CT molecular complexity index is 531. The van der Waals surface area contributed by atoms with Crippen molar-refractivity contribution in [1.82, 2.24) is 0 Å². The highest BCUT2D eigenvalue weighted by Gasteiger charge is 2.06. The third-order valence-electron chi connectivity index (χ3n) is 1.97. The fourth-order valence-electron chi connectivity index (χ4n) is 1.15. The molecule has 0 bridgehead atoms. The van der Waals surface area contributed by atoms with Crippen molar-refractivity contribution in [2.24, 2.45) is 0 Å². The lowest BCUT2D eigenvalue weighted by Crippen LogP contribution is -2.10. The van der Waals surface area contributed by atoms with Crippen LogP contribution >= 0.6 is 0 Å². The third kappa shape index (κ3) is 4.06. The monoisotopic (exact) mass is 246 g/mol. The van der Waals surface area contributed by atoms with Gasteiger partial charge in [-0.15, -0.1) is 0 Å². The lowest BCUT2D eigenvalue weighted by Gasteiger charge is -2.01. The van der Waals surface area contributed by atoms with Crippen molar-refractivity contribution in [1.29, 1.82) is 5.26 Å². The number of non-ortho nitro benzene ring substituents is 1. The quantitative estimate of drug-likeness (QED) is 0.351. The molecule has 1 aromatic rings. The zero-order valence-electron chi connectivity index (χ0n) is 9.57. The highest BCUT2D eigenvalue weighted by Crippen LogP contribution is 2.14. The molecule has 1 aromatic carbocycles. The molecule has 1 rings (SSSR count). The van der Waals surface area contributed by atoms with Crippen LogP contribution in [0.25, 0.3) is 6.08 Å². The van der Waals surface area contributed by atoms with Crippen LogP contribution in [-0.4, -0.2) is 17.0 Å². The second-order valence-corrected chi connectivity index (χ2v) is 3.39. The summed E-state index contributed by atoms with van der Waals surface area (Å²) < 4.78 is 4.68. The SMILES string of the molecule is C[C@H](C#N)OC(=O)/C=C/c1cccc([N+](=O)[O-])c1. The molecule has 0 fully saturated rings. The largest absolute Gasteiger partial charge is 0.444 e. The standard InChI is InChI=1S/C12H10N2O4/c1-9(8-13)18-12(15)6-5-10-3-2-4-11(7-10)14(16)17/h2-7,9H,1H3/b6-5+/t9-/m1/s1. The molecular formula is C12H10N2O4. The summed E-state index contributed by atoms with van der Waals surface area (Å²) in [5.74, 6) is -0.671. The van der Waals surface area contributed by atoms with E-state index in [2.05, 4.69) is 4.74 Å². The molecule has 0 spiro atoms. The van der Waals surface area contributed by atoms with E-state index in [1.54, 1.807) is 12.1 Å². The number of benzene rings is 1. The van der Waals surface area contributed by atoms with E-state index < -0.39 is 17.0 Å². The van der Waals surface area contributed by atoms with Gasteiger partial charge in [-0.3, -0.25) is 10.1 Å². The highest BCUT2D eigenvalue weighted by atomic mass is 16.6. The summed E-state index contributed by atoms with van der Waals surface area (Å²) in [5, 5.41) is 19.0. The van der Waals surface area contributed by atoms with E-state index in [1.165, 1.54) is 31.2 Å². The van der Waals surface area contributed by atoms with E-state index in [1.807, 2.05) is 0 Å². The smallest absolute Gasteiger partial charge is 0.332 e. The van der Waals surface area contributed by atoms with Crippen LogP contribution in [-0.2, 0) is 9.53 Å². The molecule has 0 saturated heterocycles. The summed E-state index contributed by atoms with van der Waals surface area (Å²) >= 11 is 0. The van der Waals surface area contributed by atoms with E-state index in [0.717, 1.165) is 6.08 Å².